The number of anilines is 2. The molecule has 0 radical (unpaired) electrons. The zero-order valence-corrected chi connectivity index (χ0v) is 17.1. The third kappa shape index (κ3) is 4.44. The molecule has 1 aliphatic rings. The Morgan fingerprint density at radius 2 is 1.80 bits per heavy atom. The summed E-state index contributed by atoms with van der Waals surface area (Å²) in [6.45, 7) is 1.35. The van der Waals surface area contributed by atoms with Gasteiger partial charge in [0.15, 0.2) is 0 Å². The van der Waals surface area contributed by atoms with Crippen LogP contribution in [0.3, 0.4) is 0 Å². The zero-order chi connectivity index (χ0) is 20.9. The number of amides is 3. The predicted molar refractivity (Wildman–Crippen MR) is 118 cm³/mol. The Balaban J connectivity index is 1.50. The summed E-state index contributed by atoms with van der Waals surface area (Å²) in [7, 11) is 0. The van der Waals surface area contributed by atoms with Crippen LogP contribution in [0.2, 0.25) is 5.02 Å². The van der Waals surface area contributed by atoms with Gasteiger partial charge < -0.3 is 4.90 Å². The number of urea groups is 1. The van der Waals surface area contributed by atoms with Gasteiger partial charge in [-0.3, -0.25) is 14.6 Å². The summed E-state index contributed by atoms with van der Waals surface area (Å²) >= 11 is 6.06. The van der Waals surface area contributed by atoms with Crippen molar-refractivity contribution in [3.8, 4) is 0 Å². The summed E-state index contributed by atoms with van der Waals surface area (Å²) in [5, 5.41) is 0.569. The normalized spacial score (nSPS) is 13.6. The Morgan fingerprint density at radius 3 is 2.53 bits per heavy atom. The van der Waals surface area contributed by atoms with Crippen molar-refractivity contribution >= 4 is 35.0 Å². The fraction of sp³-hybridized carbons (Fsp3) is 0.174. The van der Waals surface area contributed by atoms with E-state index in [1.165, 1.54) is 0 Å². The molecule has 3 amide bonds. The second kappa shape index (κ2) is 8.97. The molecular formula is C23H21ClN4O2. The quantitative estimate of drug-likeness (QED) is 0.600. The van der Waals surface area contributed by atoms with Crippen LogP contribution in [0.4, 0.5) is 16.3 Å². The van der Waals surface area contributed by atoms with Gasteiger partial charge >= 0.3 is 6.03 Å². The Morgan fingerprint density at radius 1 is 1.00 bits per heavy atom. The lowest BCUT2D eigenvalue weighted by atomic mass is 10.2. The number of nitrogens with zero attached hydrogens (tertiary/aromatic N) is 4. The maximum atomic E-state index is 13.2. The Bertz CT molecular complexity index is 1030. The molecular weight excluding hydrogens is 400 g/mol. The van der Waals surface area contributed by atoms with Crippen molar-refractivity contribution < 1.29 is 9.59 Å². The highest BCUT2D eigenvalue weighted by Crippen LogP contribution is 2.24. The van der Waals surface area contributed by atoms with E-state index in [4.69, 9.17) is 11.6 Å². The first kappa shape index (κ1) is 19.9. The Hall–Kier alpha value is -3.38. The van der Waals surface area contributed by atoms with Crippen molar-refractivity contribution in [2.75, 3.05) is 29.4 Å². The SMILES string of the molecule is O=C1N(CC(=O)N(Cc2ccccc2)c2ccccn2)CCN1c1cccc(Cl)c1. The standard InChI is InChI=1S/C23H21ClN4O2/c24-19-9-6-10-20(15-19)27-14-13-26(23(27)30)17-22(29)28(21-11-4-5-12-25-21)16-18-7-2-1-3-8-18/h1-12,15H,13-14,16-17H2. The van der Waals surface area contributed by atoms with E-state index in [2.05, 4.69) is 4.98 Å². The summed E-state index contributed by atoms with van der Waals surface area (Å²) in [5.41, 5.74) is 1.72. The average Bonchev–Trinajstić information content (AvgIpc) is 3.13. The number of halogens is 1. The molecule has 0 unspecified atom stereocenters. The number of pyridine rings is 1. The number of hydrogen-bond acceptors (Lipinski definition) is 3. The van der Waals surface area contributed by atoms with Crippen molar-refractivity contribution in [2.24, 2.45) is 0 Å². The van der Waals surface area contributed by atoms with Crippen molar-refractivity contribution in [1.29, 1.82) is 0 Å². The minimum atomic E-state index is -0.203. The van der Waals surface area contributed by atoms with E-state index in [1.54, 1.807) is 45.2 Å². The lowest BCUT2D eigenvalue weighted by molar-refractivity contribution is -0.119. The van der Waals surface area contributed by atoms with E-state index in [0.717, 1.165) is 11.3 Å². The molecule has 0 saturated carbocycles. The number of aromatic nitrogens is 1. The highest BCUT2D eigenvalue weighted by atomic mass is 35.5. The van der Waals surface area contributed by atoms with Gasteiger partial charge in [-0.15, -0.1) is 0 Å². The molecule has 0 spiro atoms. The molecule has 6 nitrogen and oxygen atoms in total. The van der Waals surface area contributed by atoms with E-state index in [-0.39, 0.29) is 18.5 Å². The van der Waals surface area contributed by atoms with Crippen LogP contribution in [0.1, 0.15) is 5.56 Å². The van der Waals surface area contributed by atoms with Gasteiger partial charge in [0.1, 0.15) is 12.4 Å². The molecule has 0 N–H and O–H groups in total. The minimum Gasteiger partial charge on any atom is -0.313 e. The number of benzene rings is 2. The van der Waals surface area contributed by atoms with E-state index in [0.29, 0.717) is 30.5 Å². The van der Waals surface area contributed by atoms with E-state index >= 15 is 0 Å². The van der Waals surface area contributed by atoms with E-state index in [1.807, 2.05) is 48.5 Å². The average molecular weight is 421 g/mol. The van der Waals surface area contributed by atoms with Crippen LogP contribution in [0.25, 0.3) is 0 Å². The van der Waals surface area contributed by atoms with E-state index < -0.39 is 0 Å². The highest BCUT2D eigenvalue weighted by molar-refractivity contribution is 6.30. The smallest absolute Gasteiger partial charge is 0.313 e. The fourth-order valence-corrected chi connectivity index (χ4v) is 3.62. The van der Waals surface area contributed by atoms with Gasteiger partial charge in [0.05, 0.1) is 6.54 Å². The molecule has 1 aromatic heterocycles. The summed E-state index contributed by atoms with van der Waals surface area (Å²) in [6.07, 6.45) is 1.66. The van der Waals surface area contributed by atoms with Gasteiger partial charge in [0.2, 0.25) is 5.91 Å². The van der Waals surface area contributed by atoms with Gasteiger partial charge in [-0.05, 0) is 35.9 Å². The Labute approximate surface area is 180 Å². The maximum absolute atomic E-state index is 13.2. The van der Waals surface area contributed by atoms with Crippen LogP contribution < -0.4 is 9.80 Å². The van der Waals surface area contributed by atoms with Crippen LogP contribution in [0.5, 0.6) is 0 Å². The first-order valence-electron chi connectivity index (χ1n) is 9.69. The van der Waals surface area contributed by atoms with Crippen LogP contribution in [0.15, 0.2) is 79.0 Å². The molecule has 3 aromatic rings. The van der Waals surface area contributed by atoms with Crippen LogP contribution in [0, 0.1) is 0 Å². The van der Waals surface area contributed by atoms with Crippen molar-refractivity contribution in [3.63, 3.8) is 0 Å². The maximum Gasteiger partial charge on any atom is 0.325 e. The van der Waals surface area contributed by atoms with Gasteiger partial charge in [0.25, 0.3) is 0 Å². The number of carbonyl (C=O) groups excluding carboxylic acids is 2. The van der Waals surface area contributed by atoms with Gasteiger partial charge in [-0.1, -0.05) is 54.1 Å². The van der Waals surface area contributed by atoms with Crippen LogP contribution >= 0.6 is 11.6 Å². The number of rotatable bonds is 6. The van der Waals surface area contributed by atoms with E-state index in [9.17, 15) is 9.59 Å². The summed E-state index contributed by atoms with van der Waals surface area (Å²) in [6, 6.07) is 22.1. The second-order valence-electron chi connectivity index (χ2n) is 6.99. The topological polar surface area (TPSA) is 56.8 Å². The van der Waals surface area contributed by atoms with Crippen molar-refractivity contribution in [2.45, 2.75) is 6.54 Å². The van der Waals surface area contributed by atoms with Crippen LogP contribution in [-0.2, 0) is 11.3 Å². The lowest BCUT2D eigenvalue weighted by Crippen LogP contribution is -2.42. The van der Waals surface area contributed by atoms with Crippen molar-refractivity contribution in [3.05, 3.63) is 89.6 Å². The summed E-state index contributed by atoms with van der Waals surface area (Å²) in [5.74, 6) is 0.378. The van der Waals surface area contributed by atoms with Gasteiger partial charge in [-0.2, -0.15) is 0 Å². The summed E-state index contributed by atoms with van der Waals surface area (Å²) in [4.78, 5) is 35.2. The lowest BCUT2D eigenvalue weighted by Gasteiger charge is -2.25. The first-order valence-corrected chi connectivity index (χ1v) is 10.1. The molecule has 0 bridgehead atoms. The monoisotopic (exact) mass is 420 g/mol. The number of hydrogen-bond donors (Lipinski definition) is 0. The number of carbonyl (C=O) groups is 2. The molecule has 4 rings (SSSR count). The second-order valence-corrected chi connectivity index (χ2v) is 7.43. The van der Waals surface area contributed by atoms with Gasteiger partial charge in [0, 0.05) is 30.0 Å². The molecule has 2 aromatic carbocycles. The molecule has 30 heavy (non-hydrogen) atoms. The summed E-state index contributed by atoms with van der Waals surface area (Å²) < 4.78 is 0. The Kier molecular flexibility index (Phi) is 5.95. The molecule has 152 valence electrons. The molecule has 2 heterocycles. The minimum absolute atomic E-state index is 0.0146. The highest BCUT2D eigenvalue weighted by Gasteiger charge is 2.32. The predicted octanol–water partition coefficient (Wildman–Crippen LogP) is 4.21. The molecule has 0 aliphatic carbocycles. The zero-order valence-electron chi connectivity index (χ0n) is 16.3. The molecule has 0 atom stereocenters. The molecule has 1 aliphatic heterocycles. The van der Waals surface area contributed by atoms with Gasteiger partial charge in [-0.25, -0.2) is 9.78 Å². The fourth-order valence-electron chi connectivity index (χ4n) is 3.44. The largest absolute Gasteiger partial charge is 0.325 e. The molecule has 7 heteroatoms. The third-order valence-electron chi connectivity index (χ3n) is 4.95. The third-order valence-corrected chi connectivity index (χ3v) is 5.19. The molecule has 1 saturated heterocycles. The first-order chi connectivity index (χ1) is 14.6. The molecule has 1 fully saturated rings. The van der Waals surface area contributed by atoms with Crippen LogP contribution in [-0.4, -0.2) is 41.5 Å². The van der Waals surface area contributed by atoms with Crippen molar-refractivity contribution in [1.82, 2.24) is 9.88 Å².